The summed E-state index contributed by atoms with van der Waals surface area (Å²) in [5.74, 6) is 0.976. The average molecular weight is 350 g/mol. The lowest BCUT2D eigenvalue weighted by Crippen LogP contribution is -2.46. The monoisotopic (exact) mass is 350 g/mol. The van der Waals surface area contributed by atoms with E-state index in [0.717, 1.165) is 19.3 Å². The number of nitrogens with one attached hydrogen (secondary N) is 2. The number of likely N-dealkylation sites (tertiary alicyclic amines) is 1. The number of methoxy groups -OCH3 is 1. The number of aromatic amines is 1. The van der Waals surface area contributed by atoms with Crippen LogP contribution < -0.4 is 16.6 Å². The third-order valence-electron chi connectivity index (χ3n) is 5.32. The van der Waals surface area contributed by atoms with Gasteiger partial charge in [-0.05, 0) is 45.4 Å². The first-order valence-electron chi connectivity index (χ1n) is 8.89. The first kappa shape index (κ1) is 17.6. The van der Waals surface area contributed by atoms with Crippen LogP contribution in [0.25, 0.3) is 0 Å². The van der Waals surface area contributed by atoms with Gasteiger partial charge in [0.05, 0.1) is 12.7 Å². The van der Waals surface area contributed by atoms with Crippen LogP contribution in [0.15, 0.2) is 9.59 Å². The standard InChI is InChI=1S/C17H26N4O4/c1-10(2)21-15(22)12-4-5-13(18-14(12)19-16(21)23)11-6-8-20(9-7-11)17(24)25-3/h10-11,13,18H,4-9H2,1-3H3,(H,19,23)/t13-/m1/s1. The molecule has 1 aromatic heterocycles. The van der Waals surface area contributed by atoms with Crippen molar-refractivity contribution >= 4 is 11.9 Å². The Kier molecular flexibility index (Phi) is 4.87. The van der Waals surface area contributed by atoms with E-state index in [2.05, 4.69) is 10.3 Å². The normalized spacial score (nSPS) is 21.0. The summed E-state index contributed by atoms with van der Waals surface area (Å²) in [6, 6.07) is 0.0409. The number of rotatable bonds is 2. The highest BCUT2D eigenvalue weighted by molar-refractivity contribution is 5.67. The van der Waals surface area contributed by atoms with Gasteiger partial charge in [-0.25, -0.2) is 9.59 Å². The summed E-state index contributed by atoms with van der Waals surface area (Å²) in [5, 5.41) is 3.37. The molecule has 0 aliphatic carbocycles. The minimum Gasteiger partial charge on any atom is -0.453 e. The molecule has 1 fully saturated rings. The minimum atomic E-state index is -0.368. The average Bonchev–Trinajstić information content (AvgIpc) is 2.60. The third-order valence-corrected chi connectivity index (χ3v) is 5.32. The molecular formula is C17H26N4O4. The molecule has 3 heterocycles. The number of aromatic nitrogens is 2. The zero-order valence-electron chi connectivity index (χ0n) is 15.0. The van der Waals surface area contributed by atoms with Gasteiger partial charge in [0.15, 0.2) is 0 Å². The maximum atomic E-state index is 12.6. The van der Waals surface area contributed by atoms with Gasteiger partial charge in [0.1, 0.15) is 5.82 Å². The largest absolute Gasteiger partial charge is 0.453 e. The van der Waals surface area contributed by atoms with Gasteiger partial charge in [0, 0.05) is 25.2 Å². The lowest BCUT2D eigenvalue weighted by molar-refractivity contribution is 0.103. The maximum Gasteiger partial charge on any atom is 0.409 e. The summed E-state index contributed by atoms with van der Waals surface area (Å²) in [5.41, 5.74) is 0.101. The van der Waals surface area contributed by atoms with Crippen molar-refractivity contribution in [3.8, 4) is 0 Å². The first-order valence-corrected chi connectivity index (χ1v) is 8.89. The number of ether oxygens (including phenoxy) is 1. The molecule has 138 valence electrons. The van der Waals surface area contributed by atoms with Gasteiger partial charge in [-0.3, -0.25) is 14.3 Å². The molecule has 8 nitrogen and oxygen atoms in total. The Hall–Kier alpha value is -2.25. The van der Waals surface area contributed by atoms with E-state index >= 15 is 0 Å². The predicted molar refractivity (Wildman–Crippen MR) is 94.1 cm³/mol. The number of nitrogens with zero attached hydrogens (tertiary/aromatic N) is 2. The van der Waals surface area contributed by atoms with Crippen LogP contribution in [-0.2, 0) is 11.2 Å². The molecule has 2 N–H and O–H groups in total. The number of carbonyl (C=O) groups is 1. The van der Waals surface area contributed by atoms with Crippen molar-refractivity contribution in [2.75, 3.05) is 25.5 Å². The summed E-state index contributed by atoms with van der Waals surface area (Å²) in [6.45, 7) is 5.01. The zero-order chi connectivity index (χ0) is 18.1. The molecule has 2 aliphatic rings. The second-order valence-electron chi connectivity index (χ2n) is 7.14. The van der Waals surface area contributed by atoms with Crippen molar-refractivity contribution in [2.45, 2.75) is 51.6 Å². The van der Waals surface area contributed by atoms with E-state index in [1.165, 1.54) is 11.7 Å². The summed E-state index contributed by atoms with van der Waals surface area (Å²) in [6.07, 6.45) is 3.01. The number of hydrogen-bond donors (Lipinski definition) is 2. The fourth-order valence-corrected chi connectivity index (χ4v) is 3.94. The molecule has 2 aliphatic heterocycles. The van der Waals surface area contributed by atoms with Crippen LogP contribution in [0.2, 0.25) is 0 Å². The Morgan fingerprint density at radius 3 is 2.48 bits per heavy atom. The fourth-order valence-electron chi connectivity index (χ4n) is 3.94. The Morgan fingerprint density at radius 2 is 1.88 bits per heavy atom. The third kappa shape index (κ3) is 3.29. The number of fused-ring (bicyclic) bond motifs is 1. The number of amides is 1. The van der Waals surface area contributed by atoms with Crippen LogP contribution in [0.5, 0.6) is 0 Å². The van der Waals surface area contributed by atoms with Gasteiger partial charge < -0.3 is 15.0 Å². The van der Waals surface area contributed by atoms with Crippen molar-refractivity contribution in [2.24, 2.45) is 5.92 Å². The first-order chi connectivity index (χ1) is 11.9. The molecule has 25 heavy (non-hydrogen) atoms. The molecule has 1 saturated heterocycles. The van der Waals surface area contributed by atoms with Crippen LogP contribution >= 0.6 is 0 Å². The number of H-pyrrole nitrogens is 1. The molecule has 0 spiro atoms. The highest BCUT2D eigenvalue weighted by Crippen LogP contribution is 2.29. The van der Waals surface area contributed by atoms with Gasteiger partial charge in [0.25, 0.3) is 5.56 Å². The van der Waals surface area contributed by atoms with Gasteiger partial charge >= 0.3 is 11.8 Å². The Labute approximate surface area is 146 Å². The molecule has 1 atom stereocenters. The Balaban J connectivity index is 1.73. The van der Waals surface area contributed by atoms with E-state index in [0.29, 0.717) is 36.8 Å². The molecule has 0 bridgehead atoms. The van der Waals surface area contributed by atoms with Crippen LogP contribution in [0.3, 0.4) is 0 Å². The Bertz CT molecular complexity index is 759. The number of hydrogen-bond acceptors (Lipinski definition) is 5. The molecule has 1 amide bonds. The highest BCUT2D eigenvalue weighted by atomic mass is 16.5. The summed E-state index contributed by atoms with van der Waals surface area (Å²) in [4.78, 5) is 40.9. The van der Waals surface area contributed by atoms with Gasteiger partial charge in [-0.2, -0.15) is 0 Å². The number of piperidine rings is 1. The SMILES string of the molecule is COC(=O)N1CCC([C@H]2CCc3c([nH]c(=O)n(C(C)C)c3=O)N2)CC1. The van der Waals surface area contributed by atoms with Crippen LogP contribution in [0.4, 0.5) is 10.6 Å². The second kappa shape index (κ2) is 6.93. The molecule has 0 saturated carbocycles. The Morgan fingerprint density at radius 1 is 1.20 bits per heavy atom. The topological polar surface area (TPSA) is 96.4 Å². The maximum absolute atomic E-state index is 12.6. The van der Waals surface area contributed by atoms with Crippen LogP contribution in [0, 0.1) is 5.92 Å². The molecule has 0 radical (unpaired) electrons. The van der Waals surface area contributed by atoms with E-state index in [1.54, 1.807) is 4.90 Å². The van der Waals surface area contributed by atoms with Gasteiger partial charge in [-0.1, -0.05) is 0 Å². The van der Waals surface area contributed by atoms with E-state index in [-0.39, 0.29) is 29.4 Å². The van der Waals surface area contributed by atoms with Crippen LogP contribution in [0.1, 0.15) is 44.7 Å². The van der Waals surface area contributed by atoms with Gasteiger partial charge in [-0.15, -0.1) is 0 Å². The molecule has 0 aromatic carbocycles. The molecular weight excluding hydrogens is 324 g/mol. The lowest BCUT2D eigenvalue weighted by Gasteiger charge is -2.38. The summed E-state index contributed by atoms with van der Waals surface area (Å²) in [7, 11) is 1.40. The molecule has 8 heteroatoms. The second-order valence-corrected chi connectivity index (χ2v) is 7.14. The lowest BCUT2D eigenvalue weighted by atomic mass is 9.84. The van der Waals surface area contributed by atoms with Crippen molar-refractivity contribution in [1.29, 1.82) is 0 Å². The quantitative estimate of drug-likeness (QED) is 0.839. The predicted octanol–water partition coefficient (Wildman–Crippen LogP) is 1.32. The smallest absolute Gasteiger partial charge is 0.409 e. The molecule has 3 rings (SSSR count). The number of anilines is 1. The van der Waals surface area contributed by atoms with E-state index < -0.39 is 0 Å². The molecule has 0 unspecified atom stereocenters. The molecule has 1 aromatic rings. The van der Waals surface area contributed by atoms with Gasteiger partial charge in [0.2, 0.25) is 0 Å². The summed E-state index contributed by atoms with van der Waals surface area (Å²) < 4.78 is 6.04. The van der Waals surface area contributed by atoms with Crippen molar-refractivity contribution in [1.82, 2.24) is 14.5 Å². The number of carbonyl (C=O) groups excluding carboxylic acids is 1. The van der Waals surface area contributed by atoms with Crippen molar-refractivity contribution in [3.63, 3.8) is 0 Å². The van der Waals surface area contributed by atoms with E-state index in [1.807, 2.05) is 13.8 Å². The minimum absolute atomic E-state index is 0.165. The van der Waals surface area contributed by atoms with Crippen molar-refractivity contribution < 1.29 is 9.53 Å². The fraction of sp³-hybridized carbons (Fsp3) is 0.706. The zero-order valence-corrected chi connectivity index (χ0v) is 15.0. The highest BCUT2D eigenvalue weighted by Gasteiger charge is 2.32. The van der Waals surface area contributed by atoms with Crippen LogP contribution in [-0.4, -0.2) is 46.8 Å². The van der Waals surface area contributed by atoms with E-state index in [4.69, 9.17) is 4.74 Å². The summed E-state index contributed by atoms with van der Waals surface area (Å²) >= 11 is 0. The van der Waals surface area contributed by atoms with Crippen molar-refractivity contribution in [3.05, 3.63) is 26.4 Å². The van der Waals surface area contributed by atoms with E-state index in [9.17, 15) is 14.4 Å².